The molecule has 0 aliphatic heterocycles. The Morgan fingerprint density at radius 3 is 1.76 bits per heavy atom. The molecule has 0 fully saturated rings. The van der Waals surface area contributed by atoms with Crippen molar-refractivity contribution in [3.05, 3.63) is 41.5 Å². The second kappa shape index (κ2) is 14.9. The molecule has 0 bridgehead atoms. The fourth-order valence-electron chi connectivity index (χ4n) is 4.99. The van der Waals surface area contributed by atoms with Crippen LogP contribution in [0.4, 0.5) is 0 Å². The zero-order valence-corrected chi connectivity index (χ0v) is 22.9. The Labute approximate surface area is 209 Å². The van der Waals surface area contributed by atoms with Gasteiger partial charge in [0.1, 0.15) is 4.90 Å². The van der Waals surface area contributed by atoms with Gasteiger partial charge in [-0.3, -0.25) is 4.55 Å². The molecule has 0 aromatic heterocycles. The van der Waals surface area contributed by atoms with Gasteiger partial charge in [-0.25, -0.2) is 0 Å². The molecule has 0 atom stereocenters. The summed E-state index contributed by atoms with van der Waals surface area (Å²) in [6.45, 7) is 9.09. The predicted molar refractivity (Wildman–Crippen MR) is 146 cm³/mol. The summed E-state index contributed by atoms with van der Waals surface area (Å²) in [5, 5.41) is 1.55. The first kappa shape index (κ1) is 28.8. The van der Waals surface area contributed by atoms with Gasteiger partial charge in [0.2, 0.25) is 0 Å². The van der Waals surface area contributed by atoms with Crippen LogP contribution in [0.3, 0.4) is 0 Å². The third-order valence-corrected chi connectivity index (χ3v) is 7.87. The van der Waals surface area contributed by atoms with Crippen molar-refractivity contribution in [1.29, 1.82) is 0 Å². The van der Waals surface area contributed by atoms with Gasteiger partial charge in [-0.15, -0.1) is 0 Å². The number of rotatable bonds is 17. The molecule has 2 aromatic carbocycles. The van der Waals surface area contributed by atoms with Crippen molar-refractivity contribution in [3.63, 3.8) is 0 Å². The number of hydrogen-bond acceptors (Lipinski definition) is 2. The van der Waals surface area contributed by atoms with Gasteiger partial charge in [0.15, 0.2) is 0 Å². The highest BCUT2D eigenvalue weighted by atomic mass is 32.2. The van der Waals surface area contributed by atoms with Crippen molar-refractivity contribution in [1.82, 2.24) is 0 Å². The summed E-state index contributed by atoms with van der Waals surface area (Å²) in [6.07, 6.45) is 16.0. The molecule has 0 unspecified atom stereocenters. The topological polar surface area (TPSA) is 54.4 Å². The highest BCUT2D eigenvalue weighted by Crippen LogP contribution is 2.32. The van der Waals surface area contributed by atoms with Crippen molar-refractivity contribution in [2.75, 3.05) is 0 Å². The number of hydrogen-bond donors (Lipinski definition) is 1. The zero-order chi connectivity index (χ0) is 25.0. The van der Waals surface area contributed by atoms with Crippen LogP contribution < -0.4 is 0 Å². The summed E-state index contributed by atoms with van der Waals surface area (Å²) in [7, 11) is -4.29. The van der Waals surface area contributed by atoms with Gasteiger partial charge in [-0.05, 0) is 54.0 Å². The SMILES string of the molecule is CC(C)CCCCCCCc1cc2ccccc2c(S(=O)(=O)O)c1CCCCCCCC(C)C. The Morgan fingerprint density at radius 1 is 0.706 bits per heavy atom. The normalized spacial score (nSPS) is 12.3. The summed E-state index contributed by atoms with van der Waals surface area (Å²) in [5.74, 6) is 1.53. The first-order chi connectivity index (χ1) is 16.2. The number of unbranched alkanes of at least 4 members (excludes halogenated alkanes) is 8. The molecule has 0 aliphatic carbocycles. The third-order valence-electron chi connectivity index (χ3n) is 6.89. The van der Waals surface area contributed by atoms with Gasteiger partial charge in [-0.1, -0.05) is 122 Å². The van der Waals surface area contributed by atoms with Crippen LogP contribution in [0.15, 0.2) is 35.2 Å². The molecule has 0 aliphatic rings. The van der Waals surface area contributed by atoms with Gasteiger partial charge in [0, 0.05) is 5.39 Å². The average Bonchev–Trinajstić information content (AvgIpc) is 2.76. The van der Waals surface area contributed by atoms with Crippen molar-refractivity contribution < 1.29 is 13.0 Å². The van der Waals surface area contributed by atoms with Gasteiger partial charge < -0.3 is 0 Å². The Bertz CT molecular complexity index is 960. The van der Waals surface area contributed by atoms with Gasteiger partial charge in [-0.2, -0.15) is 8.42 Å². The molecule has 0 heterocycles. The highest BCUT2D eigenvalue weighted by Gasteiger charge is 2.22. The lowest BCUT2D eigenvalue weighted by Gasteiger charge is -2.17. The van der Waals surface area contributed by atoms with Crippen molar-refractivity contribution >= 4 is 20.9 Å². The molecule has 0 amide bonds. The summed E-state index contributed by atoms with van der Waals surface area (Å²) in [4.78, 5) is 0.150. The minimum atomic E-state index is -4.29. The van der Waals surface area contributed by atoms with E-state index >= 15 is 0 Å². The summed E-state index contributed by atoms with van der Waals surface area (Å²) < 4.78 is 35.2. The quantitative estimate of drug-likeness (QED) is 0.178. The van der Waals surface area contributed by atoms with Crippen LogP contribution in [0.2, 0.25) is 0 Å². The molecule has 2 rings (SSSR count). The van der Waals surface area contributed by atoms with E-state index in [0.29, 0.717) is 11.8 Å². The second-order valence-corrected chi connectivity index (χ2v) is 12.3. The molecule has 34 heavy (non-hydrogen) atoms. The lowest BCUT2D eigenvalue weighted by Crippen LogP contribution is -2.08. The Hall–Kier alpha value is -1.39. The predicted octanol–water partition coefficient (Wildman–Crippen LogP) is 9.16. The summed E-state index contributed by atoms with van der Waals surface area (Å²) >= 11 is 0. The van der Waals surface area contributed by atoms with Crippen LogP contribution in [-0.2, 0) is 23.0 Å². The van der Waals surface area contributed by atoms with Crippen LogP contribution in [0, 0.1) is 11.8 Å². The van der Waals surface area contributed by atoms with Crippen LogP contribution in [0.5, 0.6) is 0 Å². The highest BCUT2D eigenvalue weighted by molar-refractivity contribution is 7.86. The number of fused-ring (bicyclic) bond motifs is 1. The largest absolute Gasteiger partial charge is 0.295 e. The molecule has 0 spiro atoms. The number of aryl methyl sites for hydroxylation is 1. The summed E-state index contributed by atoms with van der Waals surface area (Å²) in [6, 6.07) is 9.74. The van der Waals surface area contributed by atoms with E-state index in [0.717, 1.165) is 54.0 Å². The first-order valence-electron chi connectivity index (χ1n) is 13.7. The van der Waals surface area contributed by atoms with E-state index in [9.17, 15) is 13.0 Å². The average molecular weight is 489 g/mol. The molecule has 0 saturated heterocycles. The molecule has 0 radical (unpaired) electrons. The van der Waals surface area contributed by atoms with Crippen molar-refractivity contribution in [3.8, 4) is 0 Å². The van der Waals surface area contributed by atoms with Crippen LogP contribution in [0.25, 0.3) is 10.8 Å². The van der Waals surface area contributed by atoms with Crippen LogP contribution >= 0.6 is 0 Å². The second-order valence-electron chi connectivity index (χ2n) is 10.9. The van der Waals surface area contributed by atoms with E-state index in [4.69, 9.17) is 0 Å². The van der Waals surface area contributed by atoms with Crippen molar-refractivity contribution in [2.24, 2.45) is 11.8 Å². The maximum atomic E-state index is 12.5. The molecular weight excluding hydrogens is 440 g/mol. The van der Waals surface area contributed by atoms with E-state index in [-0.39, 0.29) is 4.90 Å². The molecule has 1 N–H and O–H groups in total. The van der Waals surface area contributed by atoms with E-state index < -0.39 is 10.1 Å². The fraction of sp³-hybridized carbons (Fsp3) is 0.667. The van der Waals surface area contributed by atoms with E-state index in [1.165, 1.54) is 57.8 Å². The Morgan fingerprint density at radius 2 is 1.21 bits per heavy atom. The maximum Gasteiger partial charge on any atom is 0.295 e. The van der Waals surface area contributed by atoms with Gasteiger partial charge in [0.25, 0.3) is 10.1 Å². The van der Waals surface area contributed by atoms with Crippen molar-refractivity contribution in [2.45, 2.75) is 122 Å². The lowest BCUT2D eigenvalue weighted by molar-refractivity contribution is 0.482. The van der Waals surface area contributed by atoms with Gasteiger partial charge in [0.05, 0.1) is 0 Å². The maximum absolute atomic E-state index is 12.5. The minimum absolute atomic E-state index is 0.150. The zero-order valence-electron chi connectivity index (χ0n) is 22.1. The third kappa shape index (κ3) is 10.1. The monoisotopic (exact) mass is 488 g/mol. The smallest absolute Gasteiger partial charge is 0.282 e. The standard InChI is InChI=1S/C30H48O3S/c1-24(2)17-11-7-5-9-13-19-26-23-27-20-15-16-22-29(27)30(34(31,32)33)28(26)21-14-10-6-8-12-18-25(3)4/h15-16,20,22-25H,5-14,17-19,21H2,1-4H3,(H,31,32,33). The Kier molecular flexibility index (Phi) is 12.6. The Balaban J connectivity index is 2.10. The van der Waals surface area contributed by atoms with E-state index in [2.05, 4.69) is 33.8 Å². The number of benzene rings is 2. The molecule has 0 saturated carbocycles. The van der Waals surface area contributed by atoms with Crippen LogP contribution in [0.1, 0.15) is 116 Å². The first-order valence-corrected chi connectivity index (χ1v) is 15.1. The molecule has 192 valence electrons. The van der Waals surface area contributed by atoms with E-state index in [1.54, 1.807) is 0 Å². The van der Waals surface area contributed by atoms with Gasteiger partial charge >= 0.3 is 0 Å². The lowest BCUT2D eigenvalue weighted by atomic mass is 9.92. The molecule has 3 nitrogen and oxygen atoms in total. The van der Waals surface area contributed by atoms with Crippen LogP contribution in [-0.4, -0.2) is 13.0 Å². The molecule has 2 aromatic rings. The van der Waals surface area contributed by atoms with E-state index in [1.807, 2.05) is 24.3 Å². The fourth-order valence-corrected chi connectivity index (χ4v) is 6.00. The molecule has 4 heteroatoms. The molecular formula is C30H48O3S. The minimum Gasteiger partial charge on any atom is -0.282 e. The summed E-state index contributed by atoms with van der Waals surface area (Å²) in [5.41, 5.74) is 1.96.